The molecule has 0 bridgehead atoms. The number of non-ortho nitro benzene ring substituents is 2. The van der Waals surface area contributed by atoms with E-state index >= 15 is 0 Å². The van der Waals surface area contributed by atoms with Crippen LogP contribution in [0.1, 0.15) is 36.0 Å². The summed E-state index contributed by atoms with van der Waals surface area (Å²) >= 11 is 0. The van der Waals surface area contributed by atoms with Crippen molar-refractivity contribution < 1.29 is 28.9 Å². The number of methoxy groups -OCH3 is 2. The zero-order valence-corrected chi connectivity index (χ0v) is 13.8. The summed E-state index contributed by atoms with van der Waals surface area (Å²) in [6, 6.07) is 2.67. The van der Waals surface area contributed by atoms with Gasteiger partial charge in [-0.3, -0.25) is 20.2 Å². The standard InChI is InChI=1S/C15H18N2O8/c1-23-15(24-2)6-4-3-5-13(15)25-14(18)10-7-11(16(19)20)9-12(8-10)17(21)22/h7-9,13H,3-6H2,1-2H3. The van der Waals surface area contributed by atoms with E-state index in [9.17, 15) is 25.0 Å². The molecule has 1 unspecified atom stereocenters. The van der Waals surface area contributed by atoms with Gasteiger partial charge in [-0.05, 0) is 19.3 Å². The number of nitrogens with zero attached hydrogens (tertiary/aromatic N) is 2. The Morgan fingerprint density at radius 3 is 2.12 bits per heavy atom. The maximum absolute atomic E-state index is 12.4. The van der Waals surface area contributed by atoms with E-state index in [0.29, 0.717) is 12.8 Å². The van der Waals surface area contributed by atoms with Crippen molar-refractivity contribution in [3.05, 3.63) is 44.0 Å². The Labute approximate surface area is 143 Å². The molecule has 0 aromatic heterocycles. The Morgan fingerprint density at radius 1 is 1.08 bits per heavy atom. The van der Waals surface area contributed by atoms with Gasteiger partial charge in [0.05, 0.1) is 21.5 Å². The van der Waals surface area contributed by atoms with Crippen molar-refractivity contribution in [1.29, 1.82) is 0 Å². The minimum absolute atomic E-state index is 0.271. The average molecular weight is 354 g/mol. The second-order valence-electron chi connectivity index (χ2n) is 5.61. The molecule has 0 N–H and O–H groups in total. The fourth-order valence-electron chi connectivity index (χ4n) is 2.90. The first kappa shape index (κ1) is 18.7. The van der Waals surface area contributed by atoms with Gasteiger partial charge in [0, 0.05) is 32.8 Å². The average Bonchev–Trinajstić information content (AvgIpc) is 2.61. The predicted octanol–water partition coefficient (Wildman–Crippen LogP) is 2.59. The van der Waals surface area contributed by atoms with Gasteiger partial charge in [-0.15, -0.1) is 0 Å². The van der Waals surface area contributed by atoms with Crippen LogP contribution in [-0.4, -0.2) is 41.9 Å². The van der Waals surface area contributed by atoms with Gasteiger partial charge in [-0.2, -0.15) is 0 Å². The number of hydrogen-bond donors (Lipinski definition) is 0. The largest absolute Gasteiger partial charge is 0.453 e. The first-order valence-corrected chi connectivity index (χ1v) is 7.58. The molecule has 0 amide bonds. The van der Waals surface area contributed by atoms with Crippen LogP contribution in [0.25, 0.3) is 0 Å². The van der Waals surface area contributed by atoms with Gasteiger partial charge in [0.15, 0.2) is 6.10 Å². The van der Waals surface area contributed by atoms with E-state index in [2.05, 4.69) is 0 Å². The Hall–Kier alpha value is -2.59. The van der Waals surface area contributed by atoms with Gasteiger partial charge >= 0.3 is 5.97 Å². The summed E-state index contributed by atoms with van der Waals surface area (Å²) in [4.78, 5) is 32.6. The summed E-state index contributed by atoms with van der Waals surface area (Å²) in [6.45, 7) is 0. The van der Waals surface area contributed by atoms with E-state index in [-0.39, 0.29) is 5.56 Å². The number of nitro groups is 2. The molecule has 136 valence electrons. The van der Waals surface area contributed by atoms with E-state index in [1.807, 2.05) is 0 Å². The van der Waals surface area contributed by atoms with E-state index < -0.39 is 39.1 Å². The summed E-state index contributed by atoms with van der Waals surface area (Å²) in [6.07, 6.45) is 1.92. The van der Waals surface area contributed by atoms with Crippen LogP contribution in [0.15, 0.2) is 18.2 Å². The van der Waals surface area contributed by atoms with E-state index in [4.69, 9.17) is 14.2 Å². The molecule has 1 fully saturated rings. The fourth-order valence-corrected chi connectivity index (χ4v) is 2.90. The van der Waals surface area contributed by atoms with Crippen molar-refractivity contribution in [2.24, 2.45) is 0 Å². The van der Waals surface area contributed by atoms with E-state index in [1.54, 1.807) is 0 Å². The van der Waals surface area contributed by atoms with Crippen LogP contribution in [0.4, 0.5) is 11.4 Å². The molecule has 0 saturated heterocycles. The normalized spacial score (nSPS) is 19.2. The number of benzene rings is 1. The Morgan fingerprint density at radius 2 is 1.64 bits per heavy atom. The molecule has 1 aliphatic rings. The molecule has 1 aromatic carbocycles. The molecule has 2 rings (SSSR count). The van der Waals surface area contributed by atoms with E-state index in [1.165, 1.54) is 14.2 Å². The summed E-state index contributed by atoms with van der Waals surface area (Å²) < 4.78 is 16.2. The van der Waals surface area contributed by atoms with Gasteiger partial charge in [-0.1, -0.05) is 0 Å². The van der Waals surface area contributed by atoms with Gasteiger partial charge in [-0.25, -0.2) is 4.79 Å². The molecule has 1 atom stereocenters. The van der Waals surface area contributed by atoms with Crippen molar-refractivity contribution in [3.63, 3.8) is 0 Å². The zero-order chi connectivity index (χ0) is 18.6. The van der Waals surface area contributed by atoms with Crippen LogP contribution in [0, 0.1) is 20.2 Å². The molecule has 0 radical (unpaired) electrons. The number of ether oxygens (including phenoxy) is 3. The van der Waals surface area contributed by atoms with Crippen molar-refractivity contribution in [3.8, 4) is 0 Å². The van der Waals surface area contributed by atoms with Crippen LogP contribution in [-0.2, 0) is 14.2 Å². The summed E-state index contributed by atoms with van der Waals surface area (Å²) in [5.41, 5.74) is -1.39. The monoisotopic (exact) mass is 354 g/mol. The van der Waals surface area contributed by atoms with Crippen LogP contribution in [0.2, 0.25) is 0 Å². The van der Waals surface area contributed by atoms with Gasteiger partial charge in [0.2, 0.25) is 5.79 Å². The lowest BCUT2D eigenvalue weighted by atomic mass is 9.91. The quantitative estimate of drug-likeness (QED) is 0.329. The first-order chi connectivity index (χ1) is 11.8. The van der Waals surface area contributed by atoms with Crippen molar-refractivity contribution in [2.75, 3.05) is 14.2 Å². The molecule has 1 aromatic rings. The lowest BCUT2D eigenvalue weighted by Gasteiger charge is -2.40. The highest BCUT2D eigenvalue weighted by atomic mass is 16.7. The third kappa shape index (κ3) is 3.91. The topological polar surface area (TPSA) is 131 Å². The highest BCUT2D eigenvalue weighted by molar-refractivity contribution is 5.91. The molecule has 0 aliphatic heterocycles. The second kappa shape index (κ2) is 7.53. The summed E-state index contributed by atoms with van der Waals surface area (Å²) in [7, 11) is 2.88. The lowest BCUT2D eigenvalue weighted by Crippen LogP contribution is -2.50. The van der Waals surface area contributed by atoms with Crippen LogP contribution < -0.4 is 0 Å². The third-order valence-corrected chi connectivity index (χ3v) is 4.23. The van der Waals surface area contributed by atoms with Crippen molar-refractivity contribution in [2.45, 2.75) is 37.6 Å². The third-order valence-electron chi connectivity index (χ3n) is 4.23. The SMILES string of the molecule is COC1(OC)CCCCC1OC(=O)c1cc([N+](=O)[O-])cc([N+](=O)[O-])c1. The number of hydrogen-bond acceptors (Lipinski definition) is 8. The van der Waals surface area contributed by atoms with Gasteiger partial charge in [0.25, 0.3) is 11.4 Å². The smallest absolute Gasteiger partial charge is 0.339 e. The molecular formula is C15H18N2O8. The minimum atomic E-state index is -1.10. The minimum Gasteiger partial charge on any atom is -0.453 e. The maximum atomic E-state index is 12.4. The molecule has 1 saturated carbocycles. The van der Waals surface area contributed by atoms with Crippen molar-refractivity contribution in [1.82, 2.24) is 0 Å². The Kier molecular flexibility index (Phi) is 5.65. The molecule has 0 spiro atoms. The van der Waals surface area contributed by atoms with Crippen LogP contribution in [0.5, 0.6) is 0 Å². The highest BCUT2D eigenvalue weighted by Crippen LogP contribution is 2.35. The zero-order valence-electron chi connectivity index (χ0n) is 13.8. The molecule has 10 nitrogen and oxygen atoms in total. The molecule has 0 heterocycles. The summed E-state index contributed by atoms with van der Waals surface area (Å²) in [5.74, 6) is -2.00. The highest BCUT2D eigenvalue weighted by Gasteiger charge is 2.44. The van der Waals surface area contributed by atoms with Gasteiger partial charge in [0.1, 0.15) is 0 Å². The molecule has 10 heteroatoms. The Balaban J connectivity index is 2.30. The maximum Gasteiger partial charge on any atom is 0.339 e. The molecule has 1 aliphatic carbocycles. The number of esters is 1. The van der Waals surface area contributed by atoms with Crippen LogP contribution in [0.3, 0.4) is 0 Å². The van der Waals surface area contributed by atoms with Crippen LogP contribution >= 0.6 is 0 Å². The number of rotatable bonds is 6. The lowest BCUT2D eigenvalue weighted by molar-refractivity contribution is -0.394. The predicted molar refractivity (Wildman–Crippen MR) is 84.2 cm³/mol. The second-order valence-corrected chi connectivity index (χ2v) is 5.61. The first-order valence-electron chi connectivity index (χ1n) is 7.58. The van der Waals surface area contributed by atoms with Gasteiger partial charge < -0.3 is 14.2 Å². The summed E-state index contributed by atoms with van der Waals surface area (Å²) in [5, 5.41) is 21.9. The number of carbonyl (C=O) groups excluding carboxylic acids is 1. The number of nitro benzene ring substituents is 2. The van der Waals surface area contributed by atoms with Crippen molar-refractivity contribution >= 4 is 17.3 Å². The fraction of sp³-hybridized carbons (Fsp3) is 0.533. The molecular weight excluding hydrogens is 336 g/mol. The molecule has 25 heavy (non-hydrogen) atoms. The Bertz CT molecular complexity index is 654. The van der Waals surface area contributed by atoms with E-state index in [0.717, 1.165) is 31.0 Å². The number of carbonyl (C=O) groups is 1.